The predicted octanol–water partition coefficient (Wildman–Crippen LogP) is 1.97. The minimum atomic E-state index is -0.448. The van der Waals surface area contributed by atoms with Crippen molar-refractivity contribution in [1.29, 1.82) is 0 Å². The number of rotatable bonds is 2. The van der Waals surface area contributed by atoms with Gasteiger partial charge >= 0.3 is 0 Å². The van der Waals surface area contributed by atoms with Crippen LogP contribution in [0.5, 0.6) is 0 Å². The molecule has 0 radical (unpaired) electrons. The molecule has 5 nitrogen and oxygen atoms in total. The van der Waals surface area contributed by atoms with Gasteiger partial charge in [0.15, 0.2) is 5.65 Å². The van der Waals surface area contributed by atoms with Gasteiger partial charge in [-0.05, 0) is 12.1 Å². The standard InChI is InChI=1S/C13H10ClFN4O/c1-18-12-8(5-17-18)13(20)19(7-16-12)6-9-10(14)3-2-4-11(9)15/h2-5,7H,6H2,1H3. The molecule has 0 atom stereocenters. The maximum Gasteiger partial charge on any atom is 0.264 e. The Labute approximate surface area is 118 Å². The predicted molar refractivity (Wildman–Crippen MR) is 73.3 cm³/mol. The highest BCUT2D eigenvalue weighted by Crippen LogP contribution is 2.19. The summed E-state index contributed by atoms with van der Waals surface area (Å²) in [5, 5.41) is 4.65. The number of aromatic nitrogens is 4. The minimum absolute atomic E-state index is 0.0299. The van der Waals surface area contributed by atoms with Gasteiger partial charge in [-0.25, -0.2) is 9.37 Å². The molecule has 0 spiro atoms. The van der Waals surface area contributed by atoms with Crippen LogP contribution in [-0.2, 0) is 13.6 Å². The van der Waals surface area contributed by atoms with Gasteiger partial charge in [0.05, 0.1) is 12.7 Å². The van der Waals surface area contributed by atoms with E-state index in [1.165, 1.54) is 33.9 Å². The molecule has 0 saturated heterocycles. The molecule has 0 unspecified atom stereocenters. The second-order valence-electron chi connectivity index (χ2n) is 4.38. The lowest BCUT2D eigenvalue weighted by molar-refractivity contribution is 0.595. The summed E-state index contributed by atoms with van der Waals surface area (Å²) in [5.74, 6) is -0.448. The van der Waals surface area contributed by atoms with Gasteiger partial charge in [0.25, 0.3) is 5.56 Å². The van der Waals surface area contributed by atoms with E-state index in [-0.39, 0.29) is 22.7 Å². The smallest absolute Gasteiger partial charge is 0.264 e. The third-order valence-corrected chi connectivity index (χ3v) is 3.46. The van der Waals surface area contributed by atoms with Gasteiger partial charge in [-0.15, -0.1) is 0 Å². The number of nitrogens with zero attached hydrogens (tertiary/aromatic N) is 4. The first-order chi connectivity index (χ1) is 9.58. The third kappa shape index (κ3) is 1.98. The lowest BCUT2D eigenvalue weighted by Gasteiger charge is -2.08. The van der Waals surface area contributed by atoms with Crippen LogP contribution in [0.25, 0.3) is 11.0 Å². The molecule has 3 aromatic rings. The van der Waals surface area contributed by atoms with Crippen LogP contribution in [0, 0.1) is 5.82 Å². The molecular weight excluding hydrogens is 283 g/mol. The Morgan fingerprint density at radius 3 is 2.95 bits per heavy atom. The molecule has 0 aliphatic rings. The van der Waals surface area contributed by atoms with Gasteiger partial charge < -0.3 is 0 Å². The first-order valence-electron chi connectivity index (χ1n) is 5.88. The van der Waals surface area contributed by atoms with E-state index in [4.69, 9.17) is 11.6 Å². The normalized spacial score (nSPS) is 11.2. The van der Waals surface area contributed by atoms with E-state index in [0.717, 1.165) is 0 Å². The average molecular weight is 293 g/mol. The maximum atomic E-state index is 13.7. The highest BCUT2D eigenvalue weighted by Gasteiger charge is 2.12. The fourth-order valence-electron chi connectivity index (χ4n) is 2.03. The Hall–Kier alpha value is -2.21. The first-order valence-corrected chi connectivity index (χ1v) is 6.26. The number of hydrogen-bond acceptors (Lipinski definition) is 3. The molecule has 3 rings (SSSR count). The van der Waals surface area contributed by atoms with Crippen LogP contribution in [0.2, 0.25) is 5.02 Å². The topological polar surface area (TPSA) is 52.7 Å². The SMILES string of the molecule is Cn1ncc2c(=O)n(Cc3c(F)cccc3Cl)cnc21. The van der Waals surface area contributed by atoms with Gasteiger partial charge in [0, 0.05) is 17.6 Å². The minimum Gasteiger partial charge on any atom is -0.294 e. The van der Waals surface area contributed by atoms with Crippen LogP contribution in [0.3, 0.4) is 0 Å². The number of hydrogen-bond donors (Lipinski definition) is 0. The summed E-state index contributed by atoms with van der Waals surface area (Å²) >= 11 is 5.96. The highest BCUT2D eigenvalue weighted by atomic mass is 35.5. The molecule has 1 aromatic carbocycles. The third-order valence-electron chi connectivity index (χ3n) is 3.11. The summed E-state index contributed by atoms with van der Waals surface area (Å²) in [6, 6.07) is 4.41. The zero-order valence-corrected chi connectivity index (χ0v) is 11.3. The van der Waals surface area contributed by atoms with Gasteiger partial charge in [0.2, 0.25) is 0 Å². The zero-order chi connectivity index (χ0) is 14.3. The van der Waals surface area contributed by atoms with Crippen molar-refractivity contribution >= 4 is 22.6 Å². The van der Waals surface area contributed by atoms with Gasteiger partial charge in [-0.2, -0.15) is 5.10 Å². The Bertz CT molecular complexity index is 835. The summed E-state index contributed by atoms with van der Waals surface area (Å²) in [4.78, 5) is 16.4. The number of benzene rings is 1. The Morgan fingerprint density at radius 2 is 2.20 bits per heavy atom. The van der Waals surface area contributed by atoms with Crippen molar-refractivity contribution < 1.29 is 4.39 Å². The molecule has 0 fully saturated rings. The molecule has 0 aliphatic carbocycles. The summed E-state index contributed by atoms with van der Waals surface area (Å²) in [5.41, 5.74) is 0.481. The fourth-order valence-corrected chi connectivity index (χ4v) is 2.26. The van der Waals surface area contributed by atoms with Crippen LogP contribution in [0.1, 0.15) is 5.56 Å². The molecule has 0 saturated carbocycles. The van der Waals surface area contributed by atoms with Crippen LogP contribution in [0.4, 0.5) is 4.39 Å². The Morgan fingerprint density at radius 1 is 1.40 bits per heavy atom. The van der Waals surface area contributed by atoms with E-state index < -0.39 is 5.82 Å². The number of fused-ring (bicyclic) bond motifs is 1. The largest absolute Gasteiger partial charge is 0.294 e. The molecule has 7 heteroatoms. The number of halogens is 2. The molecule has 0 aliphatic heterocycles. The lowest BCUT2D eigenvalue weighted by atomic mass is 10.2. The van der Waals surface area contributed by atoms with E-state index in [1.54, 1.807) is 13.1 Å². The van der Waals surface area contributed by atoms with Crippen molar-refractivity contribution in [3.8, 4) is 0 Å². The molecule has 0 amide bonds. The molecule has 2 heterocycles. The second-order valence-corrected chi connectivity index (χ2v) is 4.79. The second kappa shape index (κ2) is 4.72. The first kappa shape index (κ1) is 12.8. The number of aryl methyl sites for hydroxylation is 1. The van der Waals surface area contributed by atoms with Crippen molar-refractivity contribution in [2.24, 2.45) is 7.05 Å². The molecule has 102 valence electrons. The summed E-state index contributed by atoms with van der Waals surface area (Å²) in [7, 11) is 1.70. The van der Waals surface area contributed by atoms with Gasteiger partial charge in [-0.1, -0.05) is 17.7 Å². The highest BCUT2D eigenvalue weighted by molar-refractivity contribution is 6.31. The van der Waals surface area contributed by atoms with Crippen LogP contribution < -0.4 is 5.56 Å². The van der Waals surface area contributed by atoms with E-state index in [1.807, 2.05) is 0 Å². The quantitative estimate of drug-likeness (QED) is 0.725. The van der Waals surface area contributed by atoms with Crippen molar-refractivity contribution in [3.63, 3.8) is 0 Å². The van der Waals surface area contributed by atoms with Crippen molar-refractivity contribution in [1.82, 2.24) is 19.3 Å². The monoisotopic (exact) mass is 292 g/mol. The molecule has 0 bridgehead atoms. The average Bonchev–Trinajstić information content (AvgIpc) is 2.79. The summed E-state index contributed by atoms with van der Waals surface area (Å²) in [6.07, 6.45) is 2.82. The van der Waals surface area contributed by atoms with Crippen LogP contribution >= 0.6 is 11.6 Å². The van der Waals surface area contributed by atoms with E-state index in [9.17, 15) is 9.18 Å². The van der Waals surface area contributed by atoms with Crippen LogP contribution in [0.15, 0.2) is 35.5 Å². The summed E-state index contributed by atoms with van der Waals surface area (Å²) in [6.45, 7) is 0.0299. The summed E-state index contributed by atoms with van der Waals surface area (Å²) < 4.78 is 16.6. The Kier molecular flexibility index (Phi) is 3.02. The molecule has 20 heavy (non-hydrogen) atoms. The van der Waals surface area contributed by atoms with E-state index in [0.29, 0.717) is 11.0 Å². The van der Waals surface area contributed by atoms with E-state index >= 15 is 0 Å². The van der Waals surface area contributed by atoms with Crippen molar-refractivity contribution in [2.75, 3.05) is 0 Å². The van der Waals surface area contributed by atoms with Gasteiger partial charge in [-0.3, -0.25) is 14.0 Å². The van der Waals surface area contributed by atoms with Crippen LogP contribution in [-0.4, -0.2) is 19.3 Å². The Balaban J connectivity index is 2.12. The maximum absolute atomic E-state index is 13.7. The van der Waals surface area contributed by atoms with Crippen molar-refractivity contribution in [2.45, 2.75) is 6.54 Å². The van der Waals surface area contributed by atoms with E-state index in [2.05, 4.69) is 10.1 Å². The molecule has 2 aromatic heterocycles. The zero-order valence-electron chi connectivity index (χ0n) is 10.5. The molecule has 0 N–H and O–H groups in total. The lowest BCUT2D eigenvalue weighted by Crippen LogP contribution is -2.21. The molecular formula is C13H10ClFN4O. The van der Waals surface area contributed by atoms with Gasteiger partial charge in [0.1, 0.15) is 17.5 Å². The van der Waals surface area contributed by atoms with Crippen molar-refractivity contribution in [3.05, 3.63) is 57.5 Å². The fraction of sp³-hybridized carbons (Fsp3) is 0.154.